The van der Waals surface area contributed by atoms with Gasteiger partial charge in [0, 0.05) is 24.9 Å². The summed E-state index contributed by atoms with van der Waals surface area (Å²) in [7, 11) is 3.42. The molecule has 0 saturated carbocycles. The number of likely N-dealkylation sites (tertiary alicyclic amines) is 1. The molecule has 1 heterocycles. The number of amides is 2. The predicted octanol–water partition coefficient (Wildman–Crippen LogP) is 1.10. The average Bonchev–Trinajstić information content (AvgIpc) is 2.76. The molecule has 19 heavy (non-hydrogen) atoms. The molecule has 0 aliphatic carbocycles. The molecule has 0 spiro atoms. The number of hydrogen-bond donors (Lipinski definition) is 1. The first kappa shape index (κ1) is 13.5. The van der Waals surface area contributed by atoms with Gasteiger partial charge in [-0.25, -0.2) is 0 Å². The number of likely N-dealkylation sites (N-methyl/N-ethyl adjacent to an activating group) is 1. The molecule has 1 saturated heterocycles. The summed E-state index contributed by atoms with van der Waals surface area (Å²) in [4.78, 5) is 24.7. The van der Waals surface area contributed by atoms with E-state index in [2.05, 4.69) is 5.32 Å². The first-order valence-corrected chi connectivity index (χ1v) is 6.30. The Kier molecular flexibility index (Phi) is 4.16. The lowest BCUT2D eigenvalue weighted by Gasteiger charge is -2.24. The number of carbonyl (C=O) groups is 2. The summed E-state index contributed by atoms with van der Waals surface area (Å²) < 4.78 is 5.32. The number of hydrogen-bond acceptors (Lipinski definition) is 4. The lowest BCUT2D eigenvalue weighted by Crippen LogP contribution is -2.37. The minimum atomic E-state index is -0.123. The number of benzene rings is 1. The maximum atomic E-state index is 11.7. The van der Waals surface area contributed by atoms with Crippen molar-refractivity contribution in [3.8, 4) is 5.75 Å². The van der Waals surface area contributed by atoms with Crippen LogP contribution < -0.4 is 10.1 Å². The van der Waals surface area contributed by atoms with E-state index in [1.54, 1.807) is 7.11 Å². The van der Waals surface area contributed by atoms with E-state index >= 15 is 0 Å². The fourth-order valence-corrected chi connectivity index (χ4v) is 2.31. The van der Waals surface area contributed by atoms with Gasteiger partial charge in [0.25, 0.3) is 0 Å². The third kappa shape index (κ3) is 2.76. The number of methoxy groups -OCH3 is 1. The van der Waals surface area contributed by atoms with Crippen LogP contribution in [0.25, 0.3) is 0 Å². The van der Waals surface area contributed by atoms with E-state index in [1.165, 1.54) is 4.90 Å². The molecule has 0 aromatic heterocycles. The van der Waals surface area contributed by atoms with E-state index in [9.17, 15) is 9.59 Å². The van der Waals surface area contributed by atoms with Crippen LogP contribution in [0.1, 0.15) is 24.4 Å². The van der Waals surface area contributed by atoms with Gasteiger partial charge in [-0.15, -0.1) is 0 Å². The Morgan fingerprint density at radius 2 is 1.89 bits per heavy atom. The quantitative estimate of drug-likeness (QED) is 0.807. The Hall–Kier alpha value is -1.88. The van der Waals surface area contributed by atoms with Crippen LogP contribution in [0, 0.1) is 0 Å². The molecule has 1 atom stereocenters. The zero-order valence-corrected chi connectivity index (χ0v) is 11.2. The number of imide groups is 1. The van der Waals surface area contributed by atoms with Gasteiger partial charge in [-0.3, -0.25) is 14.5 Å². The molecule has 1 aromatic carbocycles. The van der Waals surface area contributed by atoms with E-state index in [0.717, 1.165) is 11.3 Å². The Morgan fingerprint density at radius 1 is 1.26 bits per heavy atom. The highest BCUT2D eigenvalue weighted by atomic mass is 16.5. The molecule has 2 rings (SSSR count). The molecule has 1 aromatic rings. The summed E-state index contributed by atoms with van der Waals surface area (Å²) in [6.45, 7) is 0.342. The monoisotopic (exact) mass is 262 g/mol. The number of carbonyl (C=O) groups excluding carboxylic acids is 2. The Balaban J connectivity index is 2.20. The lowest BCUT2D eigenvalue weighted by molar-refractivity contribution is -0.138. The summed E-state index contributed by atoms with van der Waals surface area (Å²) >= 11 is 0. The number of rotatable bonds is 5. The summed E-state index contributed by atoms with van der Waals surface area (Å²) in [5.41, 5.74) is 0.944. The van der Waals surface area contributed by atoms with Gasteiger partial charge in [-0.2, -0.15) is 0 Å². The molecule has 1 fully saturated rings. The SMILES string of the molecule is CNC(CN1C(=O)CCC1=O)c1ccccc1OC. The molecule has 1 aliphatic heterocycles. The zero-order valence-electron chi connectivity index (χ0n) is 11.2. The molecule has 1 aliphatic rings. The smallest absolute Gasteiger partial charge is 0.229 e. The van der Waals surface area contributed by atoms with Crippen LogP contribution >= 0.6 is 0 Å². The topological polar surface area (TPSA) is 58.6 Å². The normalized spacial score (nSPS) is 16.8. The Bertz CT molecular complexity index is 471. The van der Waals surface area contributed by atoms with Gasteiger partial charge >= 0.3 is 0 Å². The van der Waals surface area contributed by atoms with E-state index in [1.807, 2.05) is 31.3 Å². The molecule has 1 N–H and O–H groups in total. The molecular formula is C14H18N2O3. The van der Waals surface area contributed by atoms with Crippen molar-refractivity contribution >= 4 is 11.8 Å². The maximum absolute atomic E-state index is 11.7. The van der Waals surface area contributed by atoms with Gasteiger partial charge in [0.2, 0.25) is 11.8 Å². The zero-order chi connectivity index (χ0) is 13.8. The van der Waals surface area contributed by atoms with Gasteiger partial charge in [-0.1, -0.05) is 18.2 Å². The van der Waals surface area contributed by atoms with Crippen molar-refractivity contribution in [1.82, 2.24) is 10.2 Å². The first-order valence-electron chi connectivity index (χ1n) is 6.30. The van der Waals surface area contributed by atoms with Crippen molar-refractivity contribution in [3.63, 3.8) is 0 Å². The lowest BCUT2D eigenvalue weighted by atomic mass is 10.1. The molecule has 1 unspecified atom stereocenters. The molecule has 0 bridgehead atoms. The van der Waals surface area contributed by atoms with E-state index in [-0.39, 0.29) is 17.9 Å². The third-order valence-electron chi connectivity index (χ3n) is 3.38. The first-order chi connectivity index (χ1) is 9.17. The second-order valence-electron chi connectivity index (χ2n) is 4.48. The van der Waals surface area contributed by atoms with Crippen molar-refractivity contribution in [3.05, 3.63) is 29.8 Å². The van der Waals surface area contributed by atoms with Crippen LogP contribution in [0.2, 0.25) is 0 Å². The van der Waals surface area contributed by atoms with Crippen molar-refractivity contribution in [1.29, 1.82) is 0 Å². The highest BCUT2D eigenvalue weighted by molar-refractivity contribution is 6.01. The van der Waals surface area contributed by atoms with Crippen LogP contribution in [0.15, 0.2) is 24.3 Å². The number of ether oxygens (including phenoxy) is 1. The highest BCUT2D eigenvalue weighted by Crippen LogP contribution is 2.26. The van der Waals surface area contributed by atoms with Crippen LogP contribution in [0.5, 0.6) is 5.75 Å². The fraction of sp³-hybridized carbons (Fsp3) is 0.429. The maximum Gasteiger partial charge on any atom is 0.229 e. The molecule has 5 heteroatoms. The number of nitrogens with one attached hydrogen (secondary N) is 1. The van der Waals surface area contributed by atoms with Crippen LogP contribution in [0.3, 0.4) is 0 Å². The fourth-order valence-electron chi connectivity index (χ4n) is 2.31. The van der Waals surface area contributed by atoms with Crippen LogP contribution in [0.4, 0.5) is 0 Å². The average molecular weight is 262 g/mol. The van der Waals surface area contributed by atoms with Crippen molar-refractivity contribution in [2.45, 2.75) is 18.9 Å². The molecule has 102 valence electrons. The van der Waals surface area contributed by atoms with Gasteiger partial charge in [0.05, 0.1) is 13.2 Å². The second-order valence-corrected chi connectivity index (χ2v) is 4.48. The van der Waals surface area contributed by atoms with Gasteiger partial charge in [0.15, 0.2) is 0 Å². The van der Waals surface area contributed by atoms with Gasteiger partial charge in [0.1, 0.15) is 5.75 Å². The van der Waals surface area contributed by atoms with Crippen molar-refractivity contribution < 1.29 is 14.3 Å². The summed E-state index contributed by atoms with van der Waals surface area (Å²) in [5, 5.41) is 3.13. The van der Waals surface area contributed by atoms with Gasteiger partial charge in [-0.05, 0) is 13.1 Å². The summed E-state index contributed by atoms with van der Waals surface area (Å²) in [6, 6.07) is 7.48. The second kappa shape index (κ2) is 5.84. The molecule has 0 radical (unpaired) electrons. The standard InChI is InChI=1S/C14H18N2O3/c1-15-11(9-16-13(17)7-8-14(16)18)10-5-3-4-6-12(10)19-2/h3-6,11,15H,7-9H2,1-2H3. The Morgan fingerprint density at radius 3 is 2.47 bits per heavy atom. The molecule has 5 nitrogen and oxygen atoms in total. The minimum Gasteiger partial charge on any atom is -0.496 e. The molecule has 2 amide bonds. The highest BCUT2D eigenvalue weighted by Gasteiger charge is 2.31. The van der Waals surface area contributed by atoms with E-state index in [4.69, 9.17) is 4.74 Å². The largest absolute Gasteiger partial charge is 0.496 e. The van der Waals surface area contributed by atoms with E-state index in [0.29, 0.717) is 19.4 Å². The third-order valence-corrected chi connectivity index (χ3v) is 3.38. The Labute approximate surface area is 112 Å². The van der Waals surface area contributed by atoms with Gasteiger partial charge < -0.3 is 10.1 Å². The number of nitrogens with zero attached hydrogens (tertiary/aromatic N) is 1. The predicted molar refractivity (Wildman–Crippen MR) is 70.7 cm³/mol. The minimum absolute atomic E-state index is 0.0971. The number of para-hydroxylation sites is 1. The molecular weight excluding hydrogens is 244 g/mol. The summed E-state index contributed by atoms with van der Waals surface area (Å²) in [5.74, 6) is 0.557. The van der Waals surface area contributed by atoms with E-state index < -0.39 is 0 Å². The van der Waals surface area contributed by atoms with Crippen molar-refractivity contribution in [2.24, 2.45) is 0 Å². The van der Waals surface area contributed by atoms with Crippen molar-refractivity contribution in [2.75, 3.05) is 20.7 Å². The summed E-state index contributed by atoms with van der Waals surface area (Å²) in [6.07, 6.45) is 0.641. The van der Waals surface area contributed by atoms with Crippen LogP contribution in [-0.4, -0.2) is 37.4 Å². The van der Waals surface area contributed by atoms with Crippen LogP contribution in [-0.2, 0) is 9.59 Å².